The van der Waals surface area contributed by atoms with Crippen LogP contribution < -0.4 is 0 Å². The molecular weight excluding hydrogens is 114 g/mol. The third-order valence-electron chi connectivity index (χ3n) is 0.740. The lowest BCUT2D eigenvalue weighted by Crippen LogP contribution is -1.96. The molecule has 0 heterocycles. The zero-order valence-corrected chi connectivity index (χ0v) is 6.42. The fraction of sp³-hybridized carbons (Fsp3) is 0.857. The fourth-order valence-corrected chi connectivity index (χ4v) is 0.319. The molecule has 0 spiro atoms. The number of oxime groups is 1. The van der Waals surface area contributed by atoms with Crippen LogP contribution in [0.25, 0.3) is 0 Å². The van der Waals surface area contributed by atoms with E-state index in [1.165, 1.54) is 0 Å². The zero-order valence-electron chi connectivity index (χ0n) is 6.42. The van der Waals surface area contributed by atoms with E-state index >= 15 is 0 Å². The van der Waals surface area contributed by atoms with Crippen LogP contribution in [0.15, 0.2) is 5.16 Å². The van der Waals surface area contributed by atoms with Crippen molar-refractivity contribution in [2.24, 2.45) is 11.1 Å². The highest BCUT2D eigenvalue weighted by Gasteiger charge is 1.89. The van der Waals surface area contributed by atoms with E-state index in [1.54, 1.807) is 6.21 Å². The lowest BCUT2D eigenvalue weighted by atomic mass is 10.2. The average molecular weight is 129 g/mol. The van der Waals surface area contributed by atoms with Crippen molar-refractivity contribution in [1.29, 1.82) is 0 Å². The summed E-state index contributed by atoms with van der Waals surface area (Å²) in [4.78, 5) is 4.90. The smallest absolute Gasteiger partial charge is 0.119 e. The summed E-state index contributed by atoms with van der Waals surface area (Å²) in [6, 6.07) is 0. The summed E-state index contributed by atoms with van der Waals surface area (Å²) in [5, 5.41) is 3.70. The molecule has 54 valence electrons. The predicted molar refractivity (Wildman–Crippen MR) is 39.6 cm³/mol. The Kier molecular flexibility index (Phi) is 5.27. The molecule has 0 bridgehead atoms. The van der Waals surface area contributed by atoms with Crippen molar-refractivity contribution in [2.75, 3.05) is 6.61 Å². The molecule has 0 aromatic heterocycles. The molecule has 0 radical (unpaired) electrons. The van der Waals surface area contributed by atoms with Crippen LogP contribution in [0.3, 0.4) is 0 Å². The topological polar surface area (TPSA) is 21.6 Å². The molecule has 0 aliphatic carbocycles. The summed E-state index contributed by atoms with van der Waals surface area (Å²) in [5.74, 6) is 0.569. The quantitative estimate of drug-likeness (QED) is 0.420. The molecule has 0 saturated carbocycles. The lowest BCUT2D eigenvalue weighted by Gasteiger charge is -1.99. The van der Waals surface area contributed by atoms with Crippen LogP contribution in [0.5, 0.6) is 0 Å². The molecule has 0 fully saturated rings. The first-order valence-electron chi connectivity index (χ1n) is 3.41. The van der Waals surface area contributed by atoms with Crippen molar-refractivity contribution >= 4 is 6.21 Å². The normalized spacial score (nSPS) is 11.1. The minimum Gasteiger partial charge on any atom is -0.396 e. The van der Waals surface area contributed by atoms with E-state index in [1.807, 2.05) is 6.92 Å². The second-order valence-electron chi connectivity index (χ2n) is 2.39. The van der Waals surface area contributed by atoms with Gasteiger partial charge in [0.1, 0.15) is 6.61 Å². The van der Waals surface area contributed by atoms with Crippen LogP contribution in [0.1, 0.15) is 27.2 Å². The molecule has 0 aromatic carbocycles. The van der Waals surface area contributed by atoms with Gasteiger partial charge in [-0.1, -0.05) is 25.9 Å². The van der Waals surface area contributed by atoms with Crippen molar-refractivity contribution in [2.45, 2.75) is 27.2 Å². The maximum absolute atomic E-state index is 4.90. The van der Waals surface area contributed by atoms with Gasteiger partial charge >= 0.3 is 0 Å². The first-order valence-corrected chi connectivity index (χ1v) is 3.41. The van der Waals surface area contributed by atoms with Crippen LogP contribution in [0.2, 0.25) is 0 Å². The van der Waals surface area contributed by atoms with Gasteiger partial charge in [0, 0.05) is 6.21 Å². The van der Waals surface area contributed by atoms with Crippen LogP contribution in [-0.2, 0) is 4.84 Å². The highest BCUT2D eigenvalue weighted by molar-refractivity contribution is 5.55. The Hall–Kier alpha value is -0.530. The van der Waals surface area contributed by atoms with Crippen molar-refractivity contribution in [3.05, 3.63) is 0 Å². The van der Waals surface area contributed by atoms with Crippen molar-refractivity contribution < 1.29 is 4.84 Å². The second kappa shape index (κ2) is 5.60. The minimum absolute atomic E-state index is 0.569. The maximum atomic E-state index is 4.90. The number of hydrogen-bond acceptors (Lipinski definition) is 2. The van der Waals surface area contributed by atoms with E-state index in [9.17, 15) is 0 Å². The average Bonchev–Trinajstić information content (AvgIpc) is 1.80. The largest absolute Gasteiger partial charge is 0.396 e. The monoisotopic (exact) mass is 129 g/mol. The van der Waals surface area contributed by atoms with Gasteiger partial charge in [-0.25, -0.2) is 0 Å². The van der Waals surface area contributed by atoms with Crippen LogP contribution in [0.4, 0.5) is 0 Å². The van der Waals surface area contributed by atoms with Gasteiger partial charge in [0.25, 0.3) is 0 Å². The van der Waals surface area contributed by atoms with Crippen molar-refractivity contribution in [1.82, 2.24) is 0 Å². The van der Waals surface area contributed by atoms with Crippen LogP contribution >= 0.6 is 0 Å². The molecule has 0 rings (SSSR count). The van der Waals surface area contributed by atoms with E-state index in [4.69, 9.17) is 4.84 Å². The Morgan fingerprint density at radius 1 is 1.56 bits per heavy atom. The summed E-state index contributed by atoms with van der Waals surface area (Å²) in [5.41, 5.74) is 0. The van der Waals surface area contributed by atoms with Gasteiger partial charge in [0.05, 0.1) is 0 Å². The van der Waals surface area contributed by atoms with Gasteiger partial charge in [-0.3, -0.25) is 0 Å². The lowest BCUT2D eigenvalue weighted by molar-refractivity contribution is 0.119. The Morgan fingerprint density at radius 3 is 2.67 bits per heavy atom. The molecule has 0 atom stereocenters. The maximum Gasteiger partial charge on any atom is 0.119 e. The first-order chi connectivity index (χ1) is 4.27. The third kappa shape index (κ3) is 7.47. The summed E-state index contributed by atoms with van der Waals surface area (Å²) in [6.45, 7) is 6.95. The minimum atomic E-state index is 0.569. The standard InChI is InChI=1S/C7H15NO/c1-4-5-8-9-6-7(2)3/h5,7H,4,6H2,1-3H3/b8-5+. The zero-order chi connectivity index (χ0) is 7.11. The predicted octanol–water partition coefficient (Wildman–Crippen LogP) is 2.05. The van der Waals surface area contributed by atoms with Crippen molar-refractivity contribution in [3.63, 3.8) is 0 Å². The molecule has 9 heavy (non-hydrogen) atoms. The van der Waals surface area contributed by atoms with Crippen molar-refractivity contribution in [3.8, 4) is 0 Å². The molecule has 0 saturated heterocycles. The molecule has 0 unspecified atom stereocenters. The summed E-state index contributed by atoms with van der Waals surface area (Å²) in [7, 11) is 0. The molecule has 0 aliphatic heterocycles. The van der Waals surface area contributed by atoms with Gasteiger partial charge in [-0.05, 0) is 12.3 Å². The Morgan fingerprint density at radius 2 is 2.22 bits per heavy atom. The molecule has 0 N–H and O–H groups in total. The summed E-state index contributed by atoms with van der Waals surface area (Å²) >= 11 is 0. The highest BCUT2D eigenvalue weighted by Crippen LogP contribution is 1.91. The van der Waals surface area contributed by atoms with Gasteiger partial charge in [-0.15, -0.1) is 0 Å². The number of nitrogens with zero attached hydrogens (tertiary/aromatic N) is 1. The molecule has 2 nitrogen and oxygen atoms in total. The number of hydrogen-bond donors (Lipinski definition) is 0. The summed E-state index contributed by atoms with van der Waals surface area (Å²) in [6.07, 6.45) is 2.71. The third-order valence-corrected chi connectivity index (χ3v) is 0.740. The second-order valence-corrected chi connectivity index (χ2v) is 2.39. The van der Waals surface area contributed by atoms with E-state index in [2.05, 4.69) is 19.0 Å². The van der Waals surface area contributed by atoms with Crippen LogP contribution in [-0.4, -0.2) is 12.8 Å². The highest BCUT2D eigenvalue weighted by atomic mass is 16.6. The van der Waals surface area contributed by atoms with Gasteiger partial charge in [-0.2, -0.15) is 0 Å². The molecule has 0 amide bonds. The molecule has 2 heteroatoms. The van der Waals surface area contributed by atoms with Gasteiger partial charge < -0.3 is 4.84 Å². The van der Waals surface area contributed by atoms with Crippen LogP contribution in [0, 0.1) is 5.92 Å². The Labute approximate surface area is 56.9 Å². The van der Waals surface area contributed by atoms with Gasteiger partial charge in [0.15, 0.2) is 0 Å². The summed E-state index contributed by atoms with van der Waals surface area (Å²) < 4.78 is 0. The van der Waals surface area contributed by atoms with E-state index in [-0.39, 0.29) is 0 Å². The van der Waals surface area contributed by atoms with E-state index in [0.717, 1.165) is 13.0 Å². The Balaban J connectivity index is 2.99. The van der Waals surface area contributed by atoms with E-state index in [0.29, 0.717) is 5.92 Å². The molecule has 0 aromatic rings. The molecule has 0 aliphatic rings. The van der Waals surface area contributed by atoms with E-state index < -0.39 is 0 Å². The molecular formula is C7H15NO. The Bertz CT molecular complexity index is 79.0. The number of rotatable bonds is 4. The van der Waals surface area contributed by atoms with Gasteiger partial charge in [0.2, 0.25) is 0 Å². The SMILES string of the molecule is CC/C=N/OCC(C)C. The fourth-order valence-electron chi connectivity index (χ4n) is 0.319. The first kappa shape index (κ1) is 8.47.